The van der Waals surface area contributed by atoms with Crippen LogP contribution >= 0.6 is 15.9 Å². The maximum absolute atomic E-state index is 5.94. The molecule has 1 saturated heterocycles. The molecule has 0 aromatic carbocycles. The van der Waals surface area contributed by atoms with E-state index in [0.29, 0.717) is 6.04 Å². The SMILES string of the molecule is CCc1nn(CC)c(CN2CC[C@@H](N)C2)c1Br. The maximum Gasteiger partial charge on any atom is 0.0767 e. The molecule has 4 nitrogen and oxygen atoms in total. The lowest BCUT2D eigenvalue weighted by Gasteiger charge is -2.16. The Kier molecular flexibility index (Phi) is 4.22. The fraction of sp³-hybridized carbons (Fsp3) is 0.750. The summed E-state index contributed by atoms with van der Waals surface area (Å²) in [6.07, 6.45) is 2.08. The molecule has 0 aliphatic carbocycles. The van der Waals surface area contributed by atoms with Gasteiger partial charge in [-0.1, -0.05) is 6.92 Å². The van der Waals surface area contributed by atoms with Crippen LogP contribution < -0.4 is 5.73 Å². The van der Waals surface area contributed by atoms with Crippen LogP contribution in [0.1, 0.15) is 31.7 Å². The predicted octanol–water partition coefficient (Wildman–Crippen LogP) is 1.76. The van der Waals surface area contributed by atoms with Gasteiger partial charge < -0.3 is 5.73 Å². The Labute approximate surface area is 111 Å². The first-order chi connectivity index (χ1) is 8.15. The molecule has 96 valence electrons. The van der Waals surface area contributed by atoms with Gasteiger partial charge in [0.05, 0.1) is 15.9 Å². The average molecular weight is 301 g/mol. The van der Waals surface area contributed by atoms with Gasteiger partial charge in [0.15, 0.2) is 0 Å². The van der Waals surface area contributed by atoms with E-state index in [1.807, 2.05) is 0 Å². The van der Waals surface area contributed by atoms with Crippen molar-refractivity contribution in [1.82, 2.24) is 14.7 Å². The van der Waals surface area contributed by atoms with Crippen LogP contribution in [0.4, 0.5) is 0 Å². The fourth-order valence-corrected chi connectivity index (χ4v) is 3.08. The smallest absolute Gasteiger partial charge is 0.0767 e. The topological polar surface area (TPSA) is 47.1 Å². The minimum Gasteiger partial charge on any atom is -0.326 e. The van der Waals surface area contributed by atoms with Gasteiger partial charge in [0.2, 0.25) is 0 Å². The Hall–Kier alpha value is -0.390. The van der Waals surface area contributed by atoms with Crippen molar-refractivity contribution in [1.29, 1.82) is 0 Å². The Morgan fingerprint density at radius 3 is 2.76 bits per heavy atom. The molecular formula is C12H21BrN4. The monoisotopic (exact) mass is 300 g/mol. The molecule has 1 aromatic rings. The number of hydrogen-bond donors (Lipinski definition) is 1. The molecule has 5 heteroatoms. The van der Waals surface area contributed by atoms with Gasteiger partial charge in [0.1, 0.15) is 0 Å². The van der Waals surface area contributed by atoms with E-state index in [-0.39, 0.29) is 0 Å². The third-order valence-corrected chi connectivity index (χ3v) is 4.29. The van der Waals surface area contributed by atoms with Crippen LogP contribution in [0.3, 0.4) is 0 Å². The summed E-state index contributed by atoms with van der Waals surface area (Å²) in [6, 6.07) is 0.345. The Morgan fingerprint density at radius 2 is 2.24 bits per heavy atom. The zero-order valence-corrected chi connectivity index (χ0v) is 12.2. The molecule has 0 spiro atoms. The Bertz CT molecular complexity index is 388. The molecule has 2 rings (SSSR count). The van der Waals surface area contributed by atoms with E-state index >= 15 is 0 Å². The van der Waals surface area contributed by atoms with E-state index in [9.17, 15) is 0 Å². The minimum atomic E-state index is 0.345. The lowest BCUT2D eigenvalue weighted by molar-refractivity contribution is 0.314. The highest BCUT2D eigenvalue weighted by molar-refractivity contribution is 9.10. The number of aromatic nitrogens is 2. The van der Waals surface area contributed by atoms with Gasteiger partial charge in [-0.2, -0.15) is 5.10 Å². The highest BCUT2D eigenvalue weighted by atomic mass is 79.9. The van der Waals surface area contributed by atoms with Crippen molar-refractivity contribution >= 4 is 15.9 Å². The molecule has 17 heavy (non-hydrogen) atoms. The zero-order valence-electron chi connectivity index (χ0n) is 10.6. The van der Waals surface area contributed by atoms with Gasteiger partial charge >= 0.3 is 0 Å². The second kappa shape index (κ2) is 5.50. The van der Waals surface area contributed by atoms with Gasteiger partial charge in [0, 0.05) is 32.2 Å². The molecule has 0 amide bonds. The van der Waals surface area contributed by atoms with Gasteiger partial charge in [0.25, 0.3) is 0 Å². The van der Waals surface area contributed by atoms with Crippen molar-refractivity contribution in [3.63, 3.8) is 0 Å². The van der Waals surface area contributed by atoms with Crippen molar-refractivity contribution < 1.29 is 0 Å². The molecule has 1 atom stereocenters. The van der Waals surface area contributed by atoms with E-state index in [0.717, 1.165) is 44.7 Å². The van der Waals surface area contributed by atoms with Gasteiger partial charge in [-0.3, -0.25) is 9.58 Å². The van der Waals surface area contributed by atoms with Crippen LogP contribution in [0, 0.1) is 0 Å². The molecule has 2 N–H and O–H groups in total. The molecule has 1 fully saturated rings. The average Bonchev–Trinajstić information content (AvgIpc) is 2.85. The highest BCUT2D eigenvalue weighted by Crippen LogP contribution is 2.24. The summed E-state index contributed by atoms with van der Waals surface area (Å²) in [7, 11) is 0. The summed E-state index contributed by atoms with van der Waals surface area (Å²) >= 11 is 3.68. The summed E-state index contributed by atoms with van der Waals surface area (Å²) in [5.41, 5.74) is 8.39. The number of likely N-dealkylation sites (tertiary alicyclic amines) is 1. The quantitative estimate of drug-likeness (QED) is 0.922. The van der Waals surface area contributed by atoms with E-state index in [1.54, 1.807) is 0 Å². The van der Waals surface area contributed by atoms with Crippen molar-refractivity contribution in [3.05, 3.63) is 15.9 Å². The second-order valence-electron chi connectivity index (χ2n) is 4.66. The first-order valence-corrected chi connectivity index (χ1v) is 7.17. The minimum absolute atomic E-state index is 0.345. The number of nitrogens with two attached hydrogens (primary N) is 1. The van der Waals surface area contributed by atoms with Crippen LogP contribution in [0.2, 0.25) is 0 Å². The molecule has 1 aliphatic rings. The van der Waals surface area contributed by atoms with Crippen molar-refractivity contribution in [2.45, 2.75) is 45.8 Å². The first-order valence-electron chi connectivity index (χ1n) is 6.37. The zero-order chi connectivity index (χ0) is 12.4. The van der Waals surface area contributed by atoms with E-state index in [4.69, 9.17) is 5.73 Å². The standard InChI is InChI=1S/C12H21BrN4/c1-3-10-12(13)11(17(4-2)15-10)8-16-6-5-9(14)7-16/h9H,3-8,14H2,1-2H3/t9-/m1/s1. The van der Waals surface area contributed by atoms with Crippen LogP contribution in [0.15, 0.2) is 4.47 Å². The van der Waals surface area contributed by atoms with Crippen molar-refractivity contribution in [2.75, 3.05) is 13.1 Å². The maximum atomic E-state index is 5.94. The summed E-state index contributed by atoms with van der Waals surface area (Å²) < 4.78 is 3.29. The molecule has 0 unspecified atom stereocenters. The third kappa shape index (κ3) is 2.72. The van der Waals surface area contributed by atoms with E-state index in [1.165, 1.54) is 10.2 Å². The number of nitrogens with zero attached hydrogens (tertiary/aromatic N) is 3. The highest BCUT2D eigenvalue weighted by Gasteiger charge is 2.22. The molecule has 0 bridgehead atoms. The summed E-state index contributed by atoms with van der Waals surface area (Å²) in [5.74, 6) is 0. The second-order valence-corrected chi connectivity index (χ2v) is 5.45. The normalized spacial score (nSPS) is 21.3. The van der Waals surface area contributed by atoms with Crippen LogP contribution in [-0.2, 0) is 19.5 Å². The van der Waals surface area contributed by atoms with Crippen molar-refractivity contribution in [3.8, 4) is 0 Å². The number of aryl methyl sites for hydroxylation is 2. The number of rotatable bonds is 4. The van der Waals surface area contributed by atoms with Gasteiger partial charge in [-0.25, -0.2) is 0 Å². The van der Waals surface area contributed by atoms with Gasteiger partial charge in [-0.15, -0.1) is 0 Å². The van der Waals surface area contributed by atoms with Crippen LogP contribution in [-0.4, -0.2) is 33.8 Å². The molecule has 0 radical (unpaired) electrons. The van der Waals surface area contributed by atoms with E-state index < -0.39 is 0 Å². The number of hydrogen-bond acceptors (Lipinski definition) is 3. The Morgan fingerprint density at radius 1 is 1.47 bits per heavy atom. The molecule has 1 aliphatic heterocycles. The third-order valence-electron chi connectivity index (χ3n) is 3.38. The predicted molar refractivity (Wildman–Crippen MR) is 72.8 cm³/mol. The molecular weight excluding hydrogens is 280 g/mol. The first kappa shape index (κ1) is 13.1. The lowest BCUT2D eigenvalue weighted by atomic mass is 10.3. The summed E-state index contributed by atoms with van der Waals surface area (Å²) in [6.45, 7) is 8.26. The largest absolute Gasteiger partial charge is 0.326 e. The summed E-state index contributed by atoms with van der Waals surface area (Å²) in [5, 5.41) is 4.62. The molecule has 2 heterocycles. The fourth-order valence-electron chi connectivity index (χ4n) is 2.39. The molecule has 1 aromatic heterocycles. The van der Waals surface area contributed by atoms with Crippen LogP contribution in [0.5, 0.6) is 0 Å². The number of halogens is 1. The summed E-state index contributed by atoms with van der Waals surface area (Å²) in [4.78, 5) is 2.41. The van der Waals surface area contributed by atoms with Crippen molar-refractivity contribution in [2.24, 2.45) is 5.73 Å². The van der Waals surface area contributed by atoms with Crippen LogP contribution in [0.25, 0.3) is 0 Å². The Balaban J connectivity index is 2.16. The van der Waals surface area contributed by atoms with Gasteiger partial charge in [-0.05, 0) is 35.7 Å². The molecule has 0 saturated carbocycles. The van der Waals surface area contributed by atoms with E-state index in [2.05, 4.69) is 44.5 Å². The lowest BCUT2D eigenvalue weighted by Crippen LogP contribution is -2.27.